The smallest absolute Gasteiger partial charge is 0.105 e. The minimum atomic E-state index is 0.632. The highest BCUT2D eigenvalue weighted by Gasteiger charge is 2.04. The molecule has 68 valence electrons. The van der Waals surface area contributed by atoms with Crippen LogP contribution in [0.25, 0.3) is 11.0 Å². The van der Waals surface area contributed by atoms with Crippen molar-refractivity contribution in [3.05, 3.63) is 29.0 Å². The number of rotatable bonds is 1. The van der Waals surface area contributed by atoms with Gasteiger partial charge in [0.15, 0.2) is 0 Å². The second-order valence-corrected chi connectivity index (χ2v) is 3.34. The number of nitrogens with zero attached hydrogens (tertiary/aromatic N) is 3. The van der Waals surface area contributed by atoms with E-state index in [1.54, 1.807) is 18.5 Å². The van der Waals surface area contributed by atoms with Crippen molar-refractivity contribution in [1.29, 1.82) is 5.41 Å². The quantitative estimate of drug-likeness (QED) is 0.790. The number of halogens is 1. The van der Waals surface area contributed by atoms with E-state index in [0.29, 0.717) is 5.69 Å². The first kappa shape index (κ1) is 8.99. The summed E-state index contributed by atoms with van der Waals surface area (Å²) in [7, 11) is 0. The lowest BCUT2D eigenvalue weighted by atomic mass is 10.2. The summed E-state index contributed by atoms with van der Waals surface area (Å²) in [5.74, 6) is 0. The van der Waals surface area contributed by atoms with Crippen LogP contribution in [0.5, 0.6) is 0 Å². The van der Waals surface area contributed by atoms with Gasteiger partial charge in [0.1, 0.15) is 5.52 Å². The van der Waals surface area contributed by atoms with E-state index in [0.717, 1.165) is 15.5 Å². The summed E-state index contributed by atoms with van der Waals surface area (Å²) in [4.78, 5) is 12.1. The van der Waals surface area contributed by atoms with Crippen LogP contribution < -0.4 is 0 Å². The molecular weight excluding hydrogens is 244 g/mol. The Hall–Kier alpha value is -1.58. The highest BCUT2D eigenvalue weighted by atomic mass is 79.9. The minimum Gasteiger partial charge on any atom is -0.253 e. The van der Waals surface area contributed by atoms with Gasteiger partial charge in [-0.3, -0.25) is 9.97 Å². The molecule has 0 fully saturated rings. The van der Waals surface area contributed by atoms with Crippen LogP contribution in [0.3, 0.4) is 0 Å². The number of hydrogen-bond donors (Lipinski definition) is 1. The van der Waals surface area contributed by atoms with Crippen LogP contribution in [0.4, 0.5) is 5.69 Å². The topological polar surface area (TPSA) is 62.0 Å². The molecular formula is C9H5BrN4. The van der Waals surface area contributed by atoms with Gasteiger partial charge in [0.2, 0.25) is 0 Å². The molecule has 0 radical (unpaired) electrons. The number of fused-ring (bicyclic) bond motifs is 1. The number of hydrogen-bond acceptors (Lipinski definition) is 4. The maximum Gasteiger partial charge on any atom is 0.105 e. The predicted molar refractivity (Wildman–Crippen MR) is 57.1 cm³/mol. The molecule has 1 heterocycles. The van der Waals surface area contributed by atoms with Gasteiger partial charge in [-0.05, 0) is 28.1 Å². The van der Waals surface area contributed by atoms with Crippen molar-refractivity contribution in [2.75, 3.05) is 0 Å². The second kappa shape index (κ2) is 3.65. The van der Waals surface area contributed by atoms with Crippen LogP contribution in [0.1, 0.15) is 0 Å². The molecule has 1 aromatic heterocycles. The van der Waals surface area contributed by atoms with Gasteiger partial charge in [0.25, 0.3) is 0 Å². The van der Waals surface area contributed by atoms with Crippen LogP contribution >= 0.6 is 15.9 Å². The summed E-state index contributed by atoms with van der Waals surface area (Å²) >= 11 is 3.36. The first-order valence-corrected chi connectivity index (χ1v) is 4.64. The molecule has 1 aromatic carbocycles. The van der Waals surface area contributed by atoms with Crippen molar-refractivity contribution >= 4 is 38.7 Å². The van der Waals surface area contributed by atoms with Gasteiger partial charge in [-0.15, -0.1) is 0 Å². The normalized spacial score (nSPS) is 9.79. The SMILES string of the molecule is N=C=Nc1ccc2nccnc2c1Br. The van der Waals surface area contributed by atoms with Crippen molar-refractivity contribution in [3.63, 3.8) is 0 Å². The van der Waals surface area contributed by atoms with Gasteiger partial charge in [-0.2, -0.15) is 4.99 Å². The molecule has 0 amide bonds. The molecule has 0 unspecified atom stereocenters. The third kappa shape index (κ3) is 1.43. The summed E-state index contributed by atoms with van der Waals surface area (Å²) in [6.45, 7) is 0. The van der Waals surface area contributed by atoms with E-state index < -0.39 is 0 Å². The highest BCUT2D eigenvalue weighted by Crippen LogP contribution is 2.30. The lowest BCUT2D eigenvalue weighted by Crippen LogP contribution is -1.83. The predicted octanol–water partition coefficient (Wildman–Crippen LogP) is 2.78. The molecule has 14 heavy (non-hydrogen) atoms. The van der Waals surface area contributed by atoms with Crippen molar-refractivity contribution in [3.8, 4) is 0 Å². The fourth-order valence-corrected chi connectivity index (χ4v) is 1.67. The Labute approximate surface area is 88.4 Å². The van der Waals surface area contributed by atoms with Crippen molar-refractivity contribution in [2.24, 2.45) is 4.99 Å². The first-order chi connectivity index (χ1) is 6.83. The van der Waals surface area contributed by atoms with E-state index in [2.05, 4.69) is 30.9 Å². The third-order valence-electron chi connectivity index (χ3n) is 1.73. The summed E-state index contributed by atoms with van der Waals surface area (Å²) in [6.07, 6.45) is 3.25. The average Bonchev–Trinajstić information content (AvgIpc) is 2.23. The van der Waals surface area contributed by atoms with Gasteiger partial charge >= 0.3 is 0 Å². The lowest BCUT2D eigenvalue weighted by Gasteiger charge is -2.00. The van der Waals surface area contributed by atoms with Gasteiger partial charge < -0.3 is 0 Å². The Bertz CT molecular complexity index is 531. The molecule has 4 nitrogen and oxygen atoms in total. The van der Waals surface area contributed by atoms with Crippen LogP contribution in [0, 0.1) is 5.41 Å². The zero-order valence-electron chi connectivity index (χ0n) is 7.03. The Morgan fingerprint density at radius 2 is 2.07 bits per heavy atom. The average molecular weight is 249 g/mol. The van der Waals surface area contributed by atoms with Gasteiger partial charge in [-0.1, -0.05) is 0 Å². The summed E-state index contributed by atoms with van der Waals surface area (Å²) < 4.78 is 0.739. The van der Waals surface area contributed by atoms with E-state index in [1.165, 1.54) is 0 Å². The van der Waals surface area contributed by atoms with Crippen molar-refractivity contribution in [1.82, 2.24) is 9.97 Å². The lowest BCUT2D eigenvalue weighted by molar-refractivity contribution is 1.28. The summed E-state index contributed by atoms with van der Waals surface area (Å²) in [5.41, 5.74) is 2.17. The van der Waals surface area contributed by atoms with E-state index in [-0.39, 0.29) is 0 Å². The van der Waals surface area contributed by atoms with Crippen molar-refractivity contribution < 1.29 is 0 Å². The summed E-state index contributed by atoms with van der Waals surface area (Å²) in [6, 6.07) is 5.56. The highest BCUT2D eigenvalue weighted by molar-refractivity contribution is 9.10. The molecule has 0 aliphatic carbocycles. The number of aromatic nitrogens is 2. The third-order valence-corrected chi connectivity index (χ3v) is 2.52. The molecule has 0 atom stereocenters. The number of nitrogens with one attached hydrogen (secondary N) is 1. The standard InChI is InChI=1S/C9H5BrN4/c10-8-6(14-5-11)1-2-7-9(8)13-4-3-12-7/h1-4,11H. The molecule has 0 aliphatic heterocycles. The Balaban J connectivity index is 2.81. The van der Waals surface area contributed by atoms with Gasteiger partial charge in [0, 0.05) is 12.4 Å². The summed E-state index contributed by atoms with van der Waals surface area (Å²) in [5, 5.41) is 6.77. The van der Waals surface area contributed by atoms with Crippen molar-refractivity contribution in [2.45, 2.75) is 0 Å². The van der Waals surface area contributed by atoms with E-state index in [9.17, 15) is 0 Å². The molecule has 0 bridgehead atoms. The Morgan fingerprint density at radius 3 is 2.86 bits per heavy atom. The van der Waals surface area contributed by atoms with Crippen LogP contribution in [-0.2, 0) is 0 Å². The largest absolute Gasteiger partial charge is 0.253 e. The van der Waals surface area contributed by atoms with Crippen LogP contribution in [-0.4, -0.2) is 16.0 Å². The number of aliphatic imine (C=N–C) groups is 1. The van der Waals surface area contributed by atoms with E-state index >= 15 is 0 Å². The maximum atomic E-state index is 6.77. The fourth-order valence-electron chi connectivity index (χ4n) is 1.14. The molecule has 0 saturated heterocycles. The molecule has 0 saturated carbocycles. The minimum absolute atomic E-state index is 0.632. The van der Waals surface area contributed by atoms with E-state index in [1.807, 2.05) is 12.1 Å². The second-order valence-electron chi connectivity index (χ2n) is 2.55. The molecule has 1 N–H and O–H groups in total. The molecule has 5 heteroatoms. The first-order valence-electron chi connectivity index (χ1n) is 3.84. The molecule has 0 aliphatic rings. The Morgan fingerprint density at radius 1 is 1.29 bits per heavy atom. The molecule has 0 spiro atoms. The zero-order valence-corrected chi connectivity index (χ0v) is 8.62. The zero-order chi connectivity index (χ0) is 9.97. The molecule has 2 rings (SSSR count). The van der Waals surface area contributed by atoms with Gasteiger partial charge in [-0.25, -0.2) is 5.41 Å². The maximum absolute atomic E-state index is 6.77. The number of benzene rings is 1. The molecule has 2 aromatic rings. The fraction of sp³-hybridized carbons (Fsp3) is 0. The van der Waals surface area contributed by atoms with Gasteiger partial charge in [0.05, 0.1) is 21.7 Å². The monoisotopic (exact) mass is 248 g/mol. The van der Waals surface area contributed by atoms with E-state index in [4.69, 9.17) is 5.41 Å². The Kier molecular flexibility index (Phi) is 2.35. The van der Waals surface area contributed by atoms with Crippen LogP contribution in [0.2, 0.25) is 0 Å². The van der Waals surface area contributed by atoms with Crippen LogP contribution in [0.15, 0.2) is 34.0 Å².